The summed E-state index contributed by atoms with van der Waals surface area (Å²) in [5.74, 6) is 0.367. The zero-order chi connectivity index (χ0) is 25.0. The number of amides is 1. The Morgan fingerprint density at radius 2 is 1.58 bits per heavy atom. The molecule has 6 nitrogen and oxygen atoms in total. The van der Waals surface area contributed by atoms with Crippen LogP contribution in [-0.4, -0.2) is 68.9 Å². The zero-order valence-corrected chi connectivity index (χ0v) is 20.4. The van der Waals surface area contributed by atoms with Gasteiger partial charge in [0.1, 0.15) is 0 Å². The molecule has 0 unspecified atom stereocenters. The van der Waals surface area contributed by atoms with Crippen molar-refractivity contribution < 1.29 is 23.1 Å². The first-order chi connectivity index (χ1) is 17.3. The second-order valence-electron chi connectivity index (χ2n) is 10.9. The summed E-state index contributed by atoms with van der Waals surface area (Å²) in [5.41, 5.74) is 1.89. The molecule has 1 aromatic carbocycles. The molecule has 1 N–H and O–H groups in total. The number of likely N-dealkylation sites (tertiary alicyclic amines) is 2. The maximum absolute atomic E-state index is 13.9. The highest BCUT2D eigenvalue weighted by Crippen LogP contribution is 2.49. The topological polar surface area (TPSA) is 61.6 Å². The van der Waals surface area contributed by atoms with E-state index >= 15 is 0 Å². The number of alkyl halides is 3. The molecule has 2 saturated heterocycles. The van der Waals surface area contributed by atoms with Crippen molar-refractivity contribution in [3.05, 3.63) is 46.8 Å². The van der Waals surface area contributed by atoms with E-state index in [0.717, 1.165) is 88.0 Å². The number of halogens is 3. The van der Waals surface area contributed by atoms with E-state index in [0.29, 0.717) is 30.4 Å². The quantitative estimate of drug-likeness (QED) is 0.644. The van der Waals surface area contributed by atoms with Crippen LogP contribution in [0.15, 0.2) is 24.3 Å². The van der Waals surface area contributed by atoms with Crippen LogP contribution in [0.1, 0.15) is 90.5 Å². The molecule has 0 spiro atoms. The van der Waals surface area contributed by atoms with Crippen LogP contribution in [0.3, 0.4) is 0 Å². The largest absolute Gasteiger partial charge is 0.416 e. The average molecular weight is 503 g/mol. The first-order valence-electron chi connectivity index (χ1n) is 13.3. The molecule has 2 aliphatic carbocycles. The Morgan fingerprint density at radius 1 is 0.917 bits per heavy atom. The number of carbonyl (C=O) groups is 1. The van der Waals surface area contributed by atoms with Crippen LogP contribution >= 0.6 is 0 Å². The van der Waals surface area contributed by atoms with Crippen molar-refractivity contribution in [1.29, 1.82) is 0 Å². The molecule has 0 radical (unpaired) electrons. The normalized spacial score (nSPS) is 22.8. The third-order valence-electron chi connectivity index (χ3n) is 8.28. The minimum atomic E-state index is -4.43. The lowest BCUT2D eigenvalue weighted by Crippen LogP contribution is -2.49. The Bertz CT molecular complexity index is 1120. The molecule has 3 heterocycles. The van der Waals surface area contributed by atoms with Gasteiger partial charge < -0.3 is 14.9 Å². The van der Waals surface area contributed by atoms with Gasteiger partial charge in [-0.2, -0.15) is 18.3 Å². The van der Waals surface area contributed by atoms with Crippen molar-refractivity contribution in [2.24, 2.45) is 0 Å². The van der Waals surface area contributed by atoms with Gasteiger partial charge >= 0.3 is 6.18 Å². The van der Waals surface area contributed by atoms with E-state index in [1.54, 1.807) is 10.7 Å². The average Bonchev–Trinajstić information content (AvgIpc) is 3.82. The van der Waals surface area contributed by atoms with Gasteiger partial charge in [0, 0.05) is 44.1 Å². The Hall–Kier alpha value is -2.39. The van der Waals surface area contributed by atoms with Crippen LogP contribution in [0, 0.1) is 0 Å². The molecular formula is C27H33F3N4O2. The van der Waals surface area contributed by atoms with E-state index < -0.39 is 11.7 Å². The van der Waals surface area contributed by atoms with Gasteiger partial charge in [-0.1, -0.05) is 6.07 Å². The van der Waals surface area contributed by atoms with E-state index in [1.807, 2.05) is 4.90 Å². The second kappa shape index (κ2) is 9.17. The number of nitrogens with zero attached hydrogens (tertiary/aromatic N) is 4. The molecule has 1 amide bonds. The lowest BCUT2D eigenvalue weighted by atomic mass is 9.97. The zero-order valence-electron chi connectivity index (χ0n) is 20.4. The fourth-order valence-electron chi connectivity index (χ4n) is 5.90. The standard InChI is InChI=1S/C27H33F3N4O2/c28-27(29,30)19-2-1-3-21(16-19)34-25(18-6-7-18)23(24(31-34)17-4-5-17)26(36)33-12-8-20(9-13-33)32-14-10-22(35)11-15-32/h1-3,16-18,20,22,35H,4-15H2. The van der Waals surface area contributed by atoms with Crippen LogP contribution < -0.4 is 0 Å². The summed E-state index contributed by atoms with van der Waals surface area (Å²) in [6.07, 6.45) is 2.58. The molecule has 2 aliphatic heterocycles. The maximum Gasteiger partial charge on any atom is 0.416 e. The first kappa shape index (κ1) is 24.0. The minimum absolute atomic E-state index is 0.00968. The summed E-state index contributed by atoms with van der Waals surface area (Å²) in [6.45, 7) is 3.15. The van der Waals surface area contributed by atoms with Crippen molar-refractivity contribution in [2.75, 3.05) is 26.2 Å². The van der Waals surface area contributed by atoms with Gasteiger partial charge in [0.15, 0.2) is 0 Å². The molecule has 194 valence electrons. The maximum atomic E-state index is 13.9. The third kappa shape index (κ3) is 4.67. The summed E-state index contributed by atoms with van der Waals surface area (Å²) in [6, 6.07) is 5.72. The number of aliphatic hydroxyl groups is 1. The monoisotopic (exact) mass is 502 g/mol. The van der Waals surface area contributed by atoms with E-state index in [2.05, 4.69) is 4.90 Å². The van der Waals surface area contributed by atoms with Gasteiger partial charge in [0.2, 0.25) is 0 Å². The van der Waals surface area contributed by atoms with Crippen molar-refractivity contribution in [2.45, 2.75) is 81.5 Å². The highest BCUT2D eigenvalue weighted by Gasteiger charge is 2.42. The van der Waals surface area contributed by atoms with E-state index in [4.69, 9.17) is 5.10 Å². The van der Waals surface area contributed by atoms with E-state index in [-0.39, 0.29) is 23.8 Å². The third-order valence-corrected chi connectivity index (χ3v) is 8.28. The number of aromatic nitrogens is 2. The van der Waals surface area contributed by atoms with E-state index in [1.165, 1.54) is 6.07 Å². The van der Waals surface area contributed by atoms with Crippen molar-refractivity contribution >= 4 is 5.91 Å². The Morgan fingerprint density at radius 3 is 2.19 bits per heavy atom. The van der Waals surface area contributed by atoms with Crippen molar-refractivity contribution in [1.82, 2.24) is 19.6 Å². The molecule has 2 aromatic rings. The van der Waals surface area contributed by atoms with Gasteiger partial charge in [0.05, 0.1) is 34.3 Å². The summed E-state index contributed by atoms with van der Waals surface area (Å²) in [4.78, 5) is 18.3. The molecule has 36 heavy (non-hydrogen) atoms. The summed E-state index contributed by atoms with van der Waals surface area (Å²) >= 11 is 0. The molecular weight excluding hydrogens is 469 g/mol. The fraction of sp³-hybridized carbons (Fsp3) is 0.630. The molecule has 1 aromatic heterocycles. The van der Waals surface area contributed by atoms with Crippen molar-refractivity contribution in [3.8, 4) is 5.69 Å². The van der Waals surface area contributed by atoms with Crippen molar-refractivity contribution in [3.63, 3.8) is 0 Å². The molecule has 4 fully saturated rings. The Kier molecular flexibility index (Phi) is 6.11. The van der Waals surface area contributed by atoms with Gasteiger partial charge in [-0.15, -0.1) is 0 Å². The van der Waals surface area contributed by atoms with E-state index in [9.17, 15) is 23.1 Å². The highest BCUT2D eigenvalue weighted by molar-refractivity contribution is 5.97. The predicted octanol–water partition coefficient (Wildman–Crippen LogP) is 4.71. The van der Waals surface area contributed by atoms with Crippen LogP contribution in [-0.2, 0) is 6.18 Å². The highest BCUT2D eigenvalue weighted by atomic mass is 19.4. The Labute approximate surface area is 209 Å². The molecule has 0 atom stereocenters. The van der Waals surface area contributed by atoms with Gasteiger partial charge in [-0.05, 0) is 69.6 Å². The van der Waals surface area contributed by atoms with Crippen LogP contribution in [0.5, 0.6) is 0 Å². The smallest absolute Gasteiger partial charge is 0.393 e. The molecule has 9 heteroatoms. The van der Waals surface area contributed by atoms with Crippen LogP contribution in [0.2, 0.25) is 0 Å². The lowest BCUT2D eigenvalue weighted by Gasteiger charge is -2.41. The second-order valence-corrected chi connectivity index (χ2v) is 10.9. The molecule has 4 aliphatic rings. The van der Waals surface area contributed by atoms with Crippen LogP contribution in [0.4, 0.5) is 13.2 Å². The number of hydrogen-bond acceptors (Lipinski definition) is 4. The molecule has 0 bridgehead atoms. The number of hydrogen-bond donors (Lipinski definition) is 1. The summed E-state index contributed by atoms with van der Waals surface area (Å²) in [7, 11) is 0. The Balaban J connectivity index is 1.28. The summed E-state index contributed by atoms with van der Waals surface area (Å²) in [5, 5.41) is 14.6. The minimum Gasteiger partial charge on any atom is -0.393 e. The van der Waals surface area contributed by atoms with Gasteiger partial charge in [-0.25, -0.2) is 4.68 Å². The SMILES string of the molecule is O=C(c1c(C2CC2)nn(-c2cccc(C(F)(F)F)c2)c1C1CC1)N1CCC(N2CCC(O)CC2)CC1. The number of benzene rings is 1. The number of rotatable bonds is 5. The first-order valence-corrected chi connectivity index (χ1v) is 13.3. The number of piperidine rings is 2. The molecule has 6 rings (SSSR count). The molecule has 2 saturated carbocycles. The lowest BCUT2D eigenvalue weighted by molar-refractivity contribution is -0.137. The number of aliphatic hydroxyl groups excluding tert-OH is 1. The van der Waals surface area contributed by atoms with Gasteiger partial charge in [0.25, 0.3) is 5.91 Å². The predicted molar refractivity (Wildman–Crippen MR) is 128 cm³/mol. The summed E-state index contributed by atoms with van der Waals surface area (Å²) < 4.78 is 41.9. The van der Waals surface area contributed by atoms with Gasteiger partial charge in [-0.3, -0.25) is 4.79 Å². The number of carbonyl (C=O) groups excluding carboxylic acids is 1. The van der Waals surface area contributed by atoms with Crippen LogP contribution in [0.25, 0.3) is 5.69 Å². The fourth-order valence-corrected chi connectivity index (χ4v) is 5.90.